The number of β-amino-alcohol motifs (C(OH)–C–C–N with tert-alkyl or cyclic N) is 1. The van der Waals surface area contributed by atoms with Gasteiger partial charge in [-0.15, -0.1) is 12.4 Å². The number of carbonyl (C=O) groups excluding carboxylic acids is 1. The number of piperidine rings is 1. The highest BCUT2D eigenvalue weighted by molar-refractivity contribution is 5.85. The first-order chi connectivity index (χ1) is 5.33. The summed E-state index contributed by atoms with van der Waals surface area (Å²) in [5.41, 5.74) is 0. The molecule has 0 radical (unpaired) electrons. The minimum Gasteiger partial charge on any atom is -0.384 e. The van der Waals surface area contributed by atoms with Gasteiger partial charge in [0, 0.05) is 6.54 Å². The van der Waals surface area contributed by atoms with Crippen molar-refractivity contribution >= 4 is 18.7 Å². The van der Waals surface area contributed by atoms with Gasteiger partial charge in [0.1, 0.15) is 12.4 Å². The molecule has 3 nitrogen and oxygen atoms in total. The Morgan fingerprint density at radius 2 is 1.92 bits per heavy atom. The van der Waals surface area contributed by atoms with E-state index in [0.717, 1.165) is 13.1 Å². The summed E-state index contributed by atoms with van der Waals surface area (Å²) in [7, 11) is 0. The zero-order valence-corrected chi connectivity index (χ0v) is 7.92. The maximum atomic E-state index is 10.1. The van der Waals surface area contributed by atoms with Crippen molar-refractivity contribution in [3.63, 3.8) is 0 Å². The molecule has 1 N–H and O–H groups in total. The zero-order valence-electron chi connectivity index (χ0n) is 7.11. The standard InChI is InChI=1S/C8H15NO2.ClH/c10-7-8(11)6-9-4-2-1-3-5-9;/h7-8,11H,1-6H2;1H. The van der Waals surface area contributed by atoms with Crippen LogP contribution in [0.3, 0.4) is 0 Å². The molecule has 1 fully saturated rings. The highest BCUT2D eigenvalue weighted by Crippen LogP contribution is 2.08. The van der Waals surface area contributed by atoms with Gasteiger partial charge in [0.2, 0.25) is 0 Å². The second-order valence-corrected chi connectivity index (χ2v) is 3.06. The Morgan fingerprint density at radius 1 is 1.33 bits per heavy atom. The fourth-order valence-corrected chi connectivity index (χ4v) is 1.45. The van der Waals surface area contributed by atoms with E-state index < -0.39 is 6.10 Å². The van der Waals surface area contributed by atoms with Crippen LogP contribution in [0.25, 0.3) is 0 Å². The molecule has 0 spiro atoms. The van der Waals surface area contributed by atoms with Crippen LogP contribution in [-0.4, -0.2) is 42.0 Å². The van der Waals surface area contributed by atoms with Crippen molar-refractivity contribution in [2.45, 2.75) is 25.4 Å². The highest BCUT2D eigenvalue weighted by atomic mass is 35.5. The van der Waals surface area contributed by atoms with E-state index in [1.165, 1.54) is 19.3 Å². The molecule has 4 heteroatoms. The van der Waals surface area contributed by atoms with E-state index in [2.05, 4.69) is 4.90 Å². The Kier molecular flexibility index (Phi) is 6.34. The van der Waals surface area contributed by atoms with E-state index >= 15 is 0 Å². The molecule has 1 aliphatic heterocycles. The SMILES string of the molecule is Cl.O=CC(O)CN1CCCCC1. The molecule has 0 aromatic carbocycles. The van der Waals surface area contributed by atoms with E-state index in [4.69, 9.17) is 5.11 Å². The minimum atomic E-state index is -0.784. The first kappa shape index (κ1) is 11.9. The number of hydrogen-bond donors (Lipinski definition) is 1. The van der Waals surface area contributed by atoms with Crippen LogP contribution in [0.4, 0.5) is 0 Å². The lowest BCUT2D eigenvalue weighted by Crippen LogP contribution is -2.36. The van der Waals surface area contributed by atoms with Crippen LogP contribution in [0.1, 0.15) is 19.3 Å². The van der Waals surface area contributed by atoms with Crippen LogP contribution >= 0.6 is 12.4 Å². The Balaban J connectivity index is 0.00000121. The Morgan fingerprint density at radius 3 is 2.42 bits per heavy atom. The number of nitrogens with zero attached hydrogens (tertiary/aromatic N) is 1. The van der Waals surface area contributed by atoms with Gasteiger partial charge in [-0.25, -0.2) is 0 Å². The lowest BCUT2D eigenvalue weighted by atomic mass is 10.1. The predicted octanol–water partition coefficient (Wildman–Crippen LogP) is 0.454. The molecule has 0 bridgehead atoms. The fraction of sp³-hybridized carbons (Fsp3) is 0.875. The van der Waals surface area contributed by atoms with Crippen LogP contribution < -0.4 is 0 Å². The number of hydrogen-bond acceptors (Lipinski definition) is 3. The number of halogens is 1. The highest BCUT2D eigenvalue weighted by Gasteiger charge is 2.13. The lowest BCUT2D eigenvalue weighted by molar-refractivity contribution is -0.115. The Hall–Kier alpha value is -0.120. The van der Waals surface area contributed by atoms with Gasteiger partial charge < -0.3 is 14.8 Å². The number of likely N-dealkylation sites (tertiary alicyclic amines) is 1. The van der Waals surface area contributed by atoms with Crippen LogP contribution in [0, 0.1) is 0 Å². The van der Waals surface area contributed by atoms with Gasteiger partial charge >= 0.3 is 0 Å². The average Bonchev–Trinajstić information content (AvgIpc) is 2.06. The summed E-state index contributed by atoms with van der Waals surface area (Å²) >= 11 is 0. The monoisotopic (exact) mass is 193 g/mol. The largest absolute Gasteiger partial charge is 0.384 e. The molecule has 0 aromatic heterocycles. The van der Waals surface area contributed by atoms with E-state index in [1.807, 2.05) is 0 Å². The molecule has 72 valence electrons. The number of aliphatic hydroxyl groups excluding tert-OH is 1. The van der Waals surface area contributed by atoms with Gasteiger partial charge in [0.05, 0.1) is 0 Å². The molecule has 1 saturated heterocycles. The fourth-order valence-electron chi connectivity index (χ4n) is 1.45. The van der Waals surface area contributed by atoms with Gasteiger partial charge in [-0.2, -0.15) is 0 Å². The molecule has 0 aliphatic carbocycles. The zero-order chi connectivity index (χ0) is 8.10. The van der Waals surface area contributed by atoms with E-state index in [9.17, 15) is 4.79 Å². The van der Waals surface area contributed by atoms with Gasteiger partial charge in [0.15, 0.2) is 0 Å². The molecule has 1 atom stereocenters. The number of carbonyl (C=O) groups is 1. The summed E-state index contributed by atoms with van der Waals surface area (Å²) in [6, 6.07) is 0. The van der Waals surface area contributed by atoms with Gasteiger partial charge in [-0.3, -0.25) is 0 Å². The third-order valence-electron chi connectivity index (χ3n) is 2.05. The van der Waals surface area contributed by atoms with Gasteiger partial charge in [-0.05, 0) is 25.9 Å². The Labute approximate surface area is 79.2 Å². The topological polar surface area (TPSA) is 40.5 Å². The molecule has 0 aromatic rings. The van der Waals surface area contributed by atoms with Crippen LogP contribution in [0.5, 0.6) is 0 Å². The van der Waals surface area contributed by atoms with Crippen molar-refractivity contribution in [2.75, 3.05) is 19.6 Å². The van der Waals surface area contributed by atoms with Crippen molar-refractivity contribution < 1.29 is 9.90 Å². The number of rotatable bonds is 3. The molecule has 1 aliphatic rings. The van der Waals surface area contributed by atoms with Crippen molar-refractivity contribution in [2.24, 2.45) is 0 Å². The quantitative estimate of drug-likeness (QED) is 0.662. The summed E-state index contributed by atoms with van der Waals surface area (Å²) in [4.78, 5) is 12.2. The maximum absolute atomic E-state index is 10.1. The van der Waals surface area contributed by atoms with E-state index in [1.54, 1.807) is 0 Å². The van der Waals surface area contributed by atoms with Crippen molar-refractivity contribution in [3.8, 4) is 0 Å². The summed E-state index contributed by atoms with van der Waals surface area (Å²) in [5, 5.41) is 9.00. The van der Waals surface area contributed by atoms with Crippen LogP contribution in [0.2, 0.25) is 0 Å². The first-order valence-corrected chi connectivity index (χ1v) is 4.18. The second kappa shape index (κ2) is 6.40. The Bertz CT molecular complexity index is 126. The summed E-state index contributed by atoms with van der Waals surface area (Å²) in [6.45, 7) is 2.58. The molecular weight excluding hydrogens is 178 g/mol. The molecule has 0 amide bonds. The molecule has 12 heavy (non-hydrogen) atoms. The second-order valence-electron chi connectivity index (χ2n) is 3.06. The molecule has 0 saturated carbocycles. The normalized spacial score (nSPS) is 21.1. The minimum absolute atomic E-state index is 0. The predicted molar refractivity (Wildman–Crippen MR) is 49.6 cm³/mol. The van der Waals surface area contributed by atoms with Crippen LogP contribution in [-0.2, 0) is 4.79 Å². The molecule has 1 heterocycles. The van der Waals surface area contributed by atoms with Crippen molar-refractivity contribution in [1.82, 2.24) is 4.90 Å². The molecule has 1 rings (SSSR count). The smallest absolute Gasteiger partial charge is 0.149 e. The summed E-state index contributed by atoms with van der Waals surface area (Å²) in [5.74, 6) is 0. The van der Waals surface area contributed by atoms with Gasteiger partial charge in [0.25, 0.3) is 0 Å². The molecule has 1 unspecified atom stereocenters. The summed E-state index contributed by atoms with van der Waals surface area (Å²) < 4.78 is 0. The third kappa shape index (κ3) is 4.04. The number of aliphatic hydroxyl groups is 1. The molecular formula is C8H16ClNO2. The maximum Gasteiger partial charge on any atom is 0.149 e. The average molecular weight is 194 g/mol. The van der Waals surface area contributed by atoms with Crippen molar-refractivity contribution in [3.05, 3.63) is 0 Å². The van der Waals surface area contributed by atoms with Gasteiger partial charge in [-0.1, -0.05) is 6.42 Å². The van der Waals surface area contributed by atoms with Crippen molar-refractivity contribution in [1.29, 1.82) is 0 Å². The van der Waals surface area contributed by atoms with Crippen LogP contribution in [0.15, 0.2) is 0 Å². The van der Waals surface area contributed by atoms with E-state index in [-0.39, 0.29) is 12.4 Å². The van der Waals surface area contributed by atoms with E-state index in [0.29, 0.717) is 12.8 Å². The number of aldehydes is 1. The summed E-state index contributed by atoms with van der Waals surface area (Å²) in [6.07, 6.45) is 3.51. The first-order valence-electron chi connectivity index (χ1n) is 4.18. The third-order valence-corrected chi connectivity index (χ3v) is 2.05. The lowest BCUT2D eigenvalue weighted by Gasteiger charge is -2.26.